The maximum atomic E-state index is 12.4. The molecule has 126 valence electrons. The first-order valence-electron chi connectivity index (χ1n) is 8.12. The molecule has 23 heavy (non-hydrogen) atoms. The molecule has 0 spiro atoms. The molecule has 2 rings (SSSR count). The second-order valence-electron chi connectivity index (χ2n) is 5.97. The van der Waals surface area contributed by atoms with Gasteiger partial charge in [-0.05, 0) is 24.5 Å². The molecule has 1 atom stereocenters. The smallest absolute Gasteiger partial charge is 0.227 e. The molecule has 0 bridgehead atoms. The highest BCUT2D eigenvalue weighted by atomic mass is 35.5. The van der Waals surface area contributed by atoms with Crippen LogP contribution in [0.4, 0.5) is 0 Å². The van der Waals surface area contributed by atoms with Gasteiger partial charge in [0.2, 0.25) is 5.91 Å². The normalized spacial score (nSPS) is 17.0. The number of β-amino-alcohol motifs (C(OH)–C–C–N with tert-alkyl or cyclic N) is 1. The highest BCUT2D eigenvalue weighted by molar-refractivity contribution is 6.31. The lowest BCUT2D eigenvalue weighted by molar-refractivity contribution is -0.132. The Morgan fingerprint density at radius 3 is 2.65 bits per heavy atom. The summed E-state index contributed by atoms with van der Waals surface area (Å²) < 4.78 is 0. The van der Waals surface area contributed by atoms with Crippen molar-refractivity contribution in [2.45, 2.75) is 25.4 Å². The minimum atomic E-state index is -0.321. The van der Waals surface area contributed by atoms with E-state index in [0.717, 1.165) is 31.5 Å². The van der Waals surface area contributed by atoms with Gasteiger partial charge in [-0.15, -0.1) is 6.58 Å². The Hall–Kier alpha value is -1.36. The number of aliphatic hydroxyl groups excluding tert-OH is 1. The van der Waals surface area contributed by atoms with Crippen LogP contribution in [0.5, 0.6) is 0 Å². The predicted octanol–water partition coefficient (Wildman–Crippen LogP) is 2.35. The number of nitrogens with zero attached hydrogens (tertiary/aromatic N) is 2. The van der Waals surface area contributed by atoms with Crippen LogP contribution in [-0.4, -0.2) is 59.6 Å². The lowest BCUT2D eigenvalue weighted by Gasteiger charge is -2.35. The number of hydrogen-bond donors (Lipinski definition) is 1. The first-order chi connectivity index (χ1) is 11.1. The van der Waals surface area contributed by atoms with E-state index < -0.39 is 0 Å². The second-order valence-corrected chi connectivity index (χ2v) is 6.38. The standard InChI is InChI=1S/C18H25ClN2O2/c1-2-3-7-16(22)14-20-9-11-21(12-10-20)18(23)13-15-6-4-5-8-17(15)19/h2,4-6,8,16,22H,1,3,7,9-14H2. The Morgan fingerprint density at radius 1 is 1.30 bits per heavy atom. The van der Waals surface area contributed by atoms with Gasteiger partial charge in [-0.3, -0.25) is 9.69 Å². The number of benzene rings is 1. The van der Waals surface area contributed by atoms with Gasteiger partial charge in [0.05, 0.1) is 12.5 Å². The van der Waals surface area contributed by atoms with Crippen molar-refractivity contribution in [2.24, 2.45) is 0 Å². The van der Waals surface area contributed by atoms with Crippen molar-refractivity contribution >= 4 is 17.5 Å². The quantitative estimate of drug-likeness (QED) is 0.777. The maximum Gasteiger partial charge on any atom is 0.227 e. The van der Waals surface area contributed by atoms with Crippen molar-refractivity contribution in [3.8, 4) is 0 Å². The van der Waals surface area contributed by atoms with E-state index in [1.807, 2.05) is 35.2 Å². The third kappa shape index (κ3) is 5.65. The summed E-state index contributed by atoms with van der Waals surface area (Å²) in [7, 11) is 0. The van der Waals surface area contributed by atoms with Crippen LogP contribution in [0.15, 0.2) is 36.9 Å². The van der Waals surface area contributed by atoms with Crippen LogP contribution < -0.4 is 0 Å². The van der Waals surface area contributed by atoms with Crippen LogP contribution in [0, 0.1) is 0 Å². The molecule has 1 aromatic carbocycles. The zero-order valence-corrected chi connectivity index (χ0v) is 14.2. The summed E-state index contributed by atoms with van der Waals surface area (Å²) >= 11 is 6.12. The molecule has 0 radical (unpaired) electrons. The number of hydrogen-bond acceptors (Lipinski definition) is 3. The zero-order chi connectivity index (χ0) is 16.7. The highest BCUT2D eigenvalue weighted by Gasteiger charge is 2.22. The number of carbonyl (C=O) groups is 1. The molecular weight excluding hydrogens is 312 g/mol. The van der Waals surface area contributed by atoms with Crippen LogP contribution in [0.2, 0.25) is 5.02 Å². The molecule has 5 heteroatoms. The van der Waals surface area contributed by atoms with Crippen LogP contribution >= 0.6 is 11.6 Å². The molecule has 0 aromatic heterocycles. The summed E-state index contributed by atoms with van der Waals surface area (Å²) in [4.78, 5) is 16.5. The van der Waals surface area contributed by atoms with Gasteiger partial charge >= 0.3 is 0 Å². The van der Waals surface area contributed by atoms with Gasteiger partial charge < -0.3 is 10.0 Å². The molecule has 4 nitrogen and oxygen atoms in total. The molecule has 1 unspecified atom stereocenters. The molecule has 1 aromatic rings. The fourth-order valence-electron chi connectivity index (χ4n) is 2.80. The number of amides is 1. The van der Waals surface area contributed by atoms with Gasteiger partial charge in [-0.2, -0.15) is 0 Å². The molecule has 1 N–H and O–H groups in total. The molecule has 0 saturated carbocycles. The number of allylic oxidation sites excluding steroid dienone is 1. The van der Waals surface area contributed by atoms with Crippen molar-refractivity contribution in [2.75, 3.05) is 32.7 Å². The van der Waals surface area contributed by atoms with Crippen molar-refractivity contribution in [1.29, 1.82) is 0 Å². The Morgan fingerprint density at radius 2 is 2.00 bits per heavy atom. The number of rotatable bonds is 7. The van der Waals surface area contributed by atoms with E-state index in [9.17, 15) is 9.90 Å². The minimum absolute atomic E-state index is 0.116. The van der Waals surface area contributed by atoms with Gasteiger partial charge in [0.1, 0.15) is 0 Å². The van der Waals surface area contributed by atoms with Crippen molar-refractivity contribution < 1.29 is 9.90 Å². The van der Waals surface area contributed by atoms with Gasteiger partial charge in [0.15, 0.2) is 0 Å². The molecule has 1 amide bonds. The molecular formula is C18H25ClN2O2. The van der Waals surface area contributed by atoms with E-state index in [1.165, 1.54) is 0 Å². The van der Waals surface area contributed by atoms with Crippen LogP contribution in [0.1, 0.15) is 18.4 Å². The zero-order valence-electron chi connectivity index (χ0n) is 13.5. The first-order valence-corrected chi connectivity index (χ1v) is 8.50. The van der Waals surface area contributed by atoms with E-state index in [0.29, 0.717) is 31.1 Å². The lowest BCUT2D eigenvalue weighted by Crippen LogP contribution is -2.50. The monoisotopic (exact) mass is 336 g/mol. The summed E-state index contributed by atoms with van der Waals surface area (Å²) in [5.74, 6) is 0.116. The van der Waals surface area contributed by atoms with Crippen LogP contribution in [-0.2, 0) is 11.2 Å². The maximum absolute atomic E-state index is 12.4. The van der Waals surface area contributed by atoms with E-state index in [2.05, 4.69) is 11.5 Å². The Labute approximate surface area is 143 Å². The largest absolute Gasteiger partial charge is 0.392 e. The number of halogens is 1. The van der Waals surface area contributed by atoms with E-state index in [1.54, 1.807) is 0 Å². The van der Waals surface area contributed by atoms with Crippen LogP contribution in [0.3, 0.4) is 0 Å². The molecule has 1 aliphatic heterocycles. The topological polar surface area (TPSA) is 43.8 Å². The van der Waals surface area contributed by atoms with Gasteiger partial charge in [-0.25, -0.2) is 0 Å². The van der Waals surface area contributed by atoms with Crippen LogP contribution in [0.25, 0.3) is 0 Å². The number of piperazine rings is 1. The Bertz CT molecular complexity index is 528. The lowest BCUT2D eigenvalue weighted by atomic mass is 10.1. The average molecular weight is 337 g/mol. The van der Waals surface area contributed by atoms with Crippen molar-refractivity contribution in [3.05, 3.63) is 47.5 Å². The number of carbonyl (C=O) groups excluding carboxylic acids is 1. The minimum Gasteiger partial charge on any atom is -0.392 e. The Balaban J connectivity index is 1.76. The third-order valence-electron chi connectivity index (χ3n) is 4.20. The fourth-order valence-corrected chi connectivity index (χ4v) is 3.00. The van der Waals surface area contributed by atoms with Crippen molar-refractivity contribution in [1.82, 2.24) is 9.80 Å². The summed E-state index contributed by atoms with van der Waals surface area (Å²) in [5.41, 5.74) is 0.876. The third-order valence-corrected chi connectivity index (χ3v) is 4.57. The van der Waals surface area contributed by atoms with Gasteiger partial charge in [-0.1, -0.05) is 35.9 Å². The second kappa shape index (κ2) is 9.06. The molecule has 1 heterocycles. The Kier molecular flexibility index (Phi) is 7.09. The summed E-state index contributed by atoms with van der Waals surface area (Å²) in [6, 6.07) is 7.48. The fraction of sp³-hybridized carbons (Fsp3) is 0.500. The van der Waals surface area contributed by atoms with Gasteiger partial charge in [0, 0.05) is 37.7 Å². The summed E-state index contributed by atoms with van der Waals surface area (Å²) in [6.45, 7) is 7.36. The molecule has 1 fully saturated rings. The van der Waals surface area contributed by atoms with Gasteiger partial charge in [0.25, 0.3) is 0 Å². The predicted molar refractivity (Wildman–Crippen MR) is 93.6 cm³/mol. The molecule has 1 saturated heterocycles. The highest BCUT2D eigenvalue weighted by Crippen LogP contribution is 2.17. The molecule has 0 aliphatic carbocycles. The van der Waals surface area contributed by atoms with E-state index in [-0.39, 0.29) is 12.0 Å². The van der Waals surface area contributed by atoms with E-state index >= 15 is 0 Å². The summed E-state index contributed by atoms with van der Waals surface area (Å²) in [6.07, 6.45) is 3.43. The SMILES string of the molecule is C=CCCC(O)CN1CCN(C(=O)Cc2ccccc2Cl)CC1. The van der Waals surface area contributed by atoms with Crippen molar-refractivity contribution in [3.63, 3.8) is 0 Å². The molecule has 1 aliphatic rings. The number of aliphatic hydroxyl groups is 1. The van der Waals surface area contributed by atoms with E-state index in [4.69, 9.17) is 11.6 Å². The average Bonchev–Trinajstić information content (AvgIpc) is 2.55. The summed E-state index contributed by atoms with van der Waals surface area (Å²) in [5, 5.41) is 10.6. The first kappa shape index (κ1) is 18.0.